The van der Waals surface area contributed by atoms with Gasteiger partial charge >= 0.3 is 0 Å². The molecule has 6 heterocycles. The minimum atomic E-state index is -0.660. The fourth-order valence-electron chi connectivity index (χ4n) is 6.97. The van der Waals surface area contributed by atoms with Gasteiger partial charge in [0, 0.05) is 50.3 Å². The second-order valence-electron chi connectivity index (χ2n) is 11.9. The lowest BCUT2D eigenvalue weighted by Crippen LogP contribution is -2.49. The van der Waals surface area contributed by atoms with Crippen LogP contribution < -0.4 is 25.3 Å². The van der Waals surface area contributed by atoms with Crippen LogP contribution in [0.4, 0.5) is 37.6 Å². The van der Waals surface area contributed by atoms with Gasteiger partial charge < -0.3 is 25.0 Å². The molecule has 7 rings (SSSR count). The Kier molecular flexibility index (Phi) is 8.40. The van der Waals surface area contributed by atoms with Crippen LogP contribution >= 0.6 is 0 Å². The lowest BCUT2D eigenvalue weighted by atomic mass is 10.0. The number of methoxy groups -OCH3 is 1. The van der Waals surface area contributed by atoms with Gasteiger partial charge in [-0.15, -0.1) is 0 Å². The fraction of sp³-hybridized carbons (Fsp3) is 0.438. The maximum Gasteiger partial charge on any atom is 0.247 e. The Morgan fingerprint density at radius 1 is 1.07 bits per heavy atom. The van der Waals surface area contributed by atoms with E-state index < -0.39 is 17.7 Å². The number of carbonyl (C=O) groups excluding carboxylic acids is 1. The van der Waals surface area contributed by atoms with Crippen LogP contribution in [0, 0.1) is 11.6 Å². The normalized spacial score (nSPS) is 23.2. The van der Waals surface area contributed by atoms with Crippen molar-refractivity contribution in [1.82, 2.24) is 19.9 Å². The van der Waals surface area contributed by atoms with E-state index in [9.17, 15) is 13.6 Å². The number of anilines is 5. The number of ether oxygens (including phenoxy) is 2. The summed E-state index contributed by atoms with van der Waals surface area (Å²) in [5.41, 5.74) is 1.41. The molecule has 1 amide bonds. The summed E-state index contributed by atoms with van der Waals surface area (Å²) in [6.07, 6.45) is 6.54. The number of hydrogen-bond acceptors (Lipinski definition) is 11. The lowest BCUT2D eigenvalue weighted by Gasteiger charge is -2.41. The van der Waals surface area contributed by atoms with Gasteiger partial charge in [-0.05, 0) is 49.1 Å². The van der Waals surface area contributed by atoms with Crippen molar-refractivity contribution in [2.75, 3.05) is 60.6 Å². The van der Waals surface area contributed by atoms with Crippen molar-refractivity contribution in [3.63, 3.8) is 0 Å². The van der Waals surface area contributed by atoms with Crippen molar-refractivity contribution in [3.05, 3.63) is 66.5 Å². The van der Waals surface area contributed by atoms with Crippen molar-refractivity contribution < 1.29 is 27.9 Å². The highest BCUT2D eigenvalue weighted by molar-refractivity contribution is 6.01. The molecule has 0 aliphatic carbocycles. The summed E-state index contributed by atoms with van der Waals surface area (Å²) in [6.45, 7) is 7.34. The Morgan fingerprint density at radius 2 is 1.87 bits per heavy atom. The fourth-order valence-corrected chi connectivity index (χ4v) is 6.97. The molecule has 4 fully saturated rings. The second-order valence-corrected chi connectivity index (χ2v) is 11.9. The highest BCUT2D eigenvalue weighted by Gasteiger charge is 2.43. The van der Waals surface area contributed by atoms with E-state index in [2.05, 4.69) is 37.0 Å². The largest absolute Gasteiger partial charge is 0.479 e. The van der Waals surface area contributed by atoms with E-state index >= 15 is 0 Å². The number of rotatable bonds is 9. The summed E-state index contributed by atoms with van der Waals surface area (Å²) >= 11 is 0. The molecule has 0 saturated carbocycles. The van der Waals surface area contributed by atoms with Gasteiger partial charge in [-0.3, -0.25) is 14.5 Å². The minimum absolute atomic E-state index is 0.313. The van der Waals surface area contributed by atoms with E-state index in [-0.39, 0.29) is 5.91 Å². The molecule has 2 aromatic heterocycles. The number of nitrogens with zero attached hydrogens (tertiary/aromatic N) is 6. The van der Waals surface area contributed by atoms with E-state index in [4.69, 9.17) is 19.3 Å². The Morgan fingerprint density at radius 3 is 2.57 bits per heavy atom. The third-order valence-corrected chi connectivity index (χ3v) is 9.10. The number of carbonyl (C=O) groups is 1. The van der Waals surface area contributed by atoms with Gasteiger partial charge in [0.2, 0.25) is 11.8 Å². The summed E-state index contributed by atoms with van der Waals surface area (Å²) < 4.78 is 39.5. The zero-order chi connectivity index (χ0) is 31.8. The van der Waals surface area contributed by atoms with E-state index in [0.717, 1.165) is 51.6 Å². The number of likely N-dealkylation sites (tertiary alicyclic amines) is 1. The summed E-state index contributed by atoms with van der Waals surface area (Å²) in [5.74, 6) is 0.0313. The van der Waals surface area contributed by atoms with Crippen LogP contribution in [-0.2, 0) is 14.4 Å². The van der Waals surface area contributed by atoms with E-state index in [1.54, 1.807) is 12.1 Å². The van der Waals surface area contributed by atoms with Gasteiger partial charge in [-0.2, -0.15) is 4.98 Å². The van der Waals surface area contributed by atoms with Gasteiger partial charge in [0.1, 0.15) is 29.5 Å². The number of pyridine rings is 1. The summed E-state index contributed by atoms with van der Waals surface area (Å²) in [7, 11) is 1.53. The first-order valence-corrected chi connectivity index (χ1v) is 15.5. The predicted molar refractivity (Wildman–Crippen MR) is 167 cm³/mol. The van der Waals surface area contributed by atoms with Crippen molar-refractivity contribution in [2.45, 2.75) is 49.9 Å². The number of halogens is 2. The highest BCUT2D eigenvalue weighted by atomic mass is 19.1. The molecule has 4 aliphatic heterocycles. The number of nitrogens with one attached hydrogen (secondary N) is 2. The van der Waals surface area contributed by atoms with Crippen molar-refractivity contribution in [3.8, 4) is 5.88 Å². The van der Waals surface area contributed by atoms with Gasteiger partial charge in [0.15, 0.2) is 11.6 Å². The molecule has 14 heteroatoms. The molecule has 1 aromatic carbocycles. The van der Waals surface area contributed by atoms with E-state index in [0.29, 0.717) is 71.5 Å². The maximum atomic E-state index is 14.0. The van der Waals surface area contributed by atoms with Crippen LogP contribution in [0.5, 0.6) is 5.88 Å². The summed E-state index contributed by atoms with van der Waals surface area (Å²) in [4.78, 5) is 36.6. The molecule has 2 N–H and O–H groups in total. The van der Waals surface area contributed by atoms with Crippen LogP contribution in [0.3, 0.4) is 0 Å². The Hall–Kier alpha value is -4.40. The first-order valence-electron chi connectivity index (χ1n) is 15.5. The van der Waals surface area contributed by atoms with Gasteiger partial charge in [-0.25, -0.2) is 23.8 Å². The molecule has 2 bridgehead atoms. The first-order chi connectivity index (χ1) is 22.4. The Bertz CT molecular complexity index is 1600. The number of hydrogen-bond donors (Lipinski definition) is 2. The number of hydroxylamine groups is 1. The zero-order valence-corrected chi connectivity index (χ0v) is 25.5. The number of piperidine rings is 1. The topological polar surface area (TPSA) is 117 Å². The Labute approximate surface area is 265 Å². The smallest absolute Gasteiger partial charge is 0.247 e. The highest BCUT2D eigenvalue weighted by Crippen LogP contribution is 2.39. The molecule has 3 atom stereocenters. The molecule has 0 spiro atoms. The van der Waals surface area contributed by atoms with E-state index in [1.807, 2.05) is 0 Å². The standard InChI is InChI=1S/C32H36F2N8O4/c1-3-30(43)38-25-14-26(32(44-2)39-31(25)40-7-4-22(5-8-40)41-16-24-13-23(41)17-45-24)37-28-15-29(36-18-35-28)42-27(6-9-46-42)19-10-20(33)12-21(34)11-19/h3,10-12,14-15,18,22-24,27H,1,4-9,13,16-17H2,2H3,(H,38,43)(H,35,36,37)/t23-,24-,27+/m0/s1. The van der Waals surface area contributed by atoms with Crippen LogP contribution in [0.15, 0.2) is 49.3 Å². The Balaban J connectivity index is 1.12. The van der Waals surface area contributed by atoms with Crippen LogP contribution in [0.2, 0.25) is 0 Å². The third-order valence-electron chi connectivity index (χ3n) is 9.10. The molecular formula is C32H36F2N8O4. The number of amides is 1. The van der Waals surface area contributed by atoms with Crippen LogP contribution in [0.25, 0.3) is 0 Å². The average Bonchev–Trinajstić information content (AvgIpc) is 3.83. The first kappa shape index (κ1) is 30.3. The van der Waals surface area contributed by atoms with Crippen molar-refractivity contribution >= 4 is 34.7 Å². The molecule has 46 heavy (non-hydrogen) atoms. The lowest BCUT2D eigenvalue weighted by molar-refractivity contribution is -0.111. The molecule has 0 unspecified atom stereocenters. The minimum Gasteiger partial charge on any atom is -0.479 e. The van der Waals surface area contributed by atoms with Crippen molar-refractivity contribution in [2.24, 2.45) is 0 Å². The molecule has 3 aromatic rings. The van der Waals surface area contributed by atoms with E-state index in [1.165, 1.54) is 36.7 Å². The van der Waals surface area contributed by atoms with Gasteiger partial charge in [0.25, 0.3) is 0 Å². The summed E-state index contributed by atoms with van der Waals surface area (Å²) in [5, 5.41) is 7.66. The van der Waals surface area contributed by atoms with Crippen LogP contribution in [-0.4, -0.2) is 83.9 Å². The third kappa shape index (κ3) is 6.07. The number of aromatic nitrogens is 3. The second kappa shape index (κ2) is 12.8. The maximum absolute atomic E-state index is 14.0. The number of morpholine rings is 1. The molecule has 242 valence electrons. The molecule has 0 radical (unpaired) electrons. The SMILES string of the molecule is C=CC(=O)Nc1cc(Nc2cc(N3OCC[C@@H]3c3cc(F)cc(F)c3)ncn2)c(OC)nc1N1CCC(N2C[C@@H]3C[C@H]2CO3)CC1. The quantitative estimate of drug-likeness (QED) is 0.327. The molecule has 4 aliphatic rings. The van der Waals surface area contributed by atoms with Gasteiger partial charge in [0.05, 0.1) is 38.2 Å². The number of fused-ring (bicyclic) bond motifs is 2. The van der Waals surface area contributed by atoms with Crippen LogP contribution in [0.1, 0.15) is 37.3 Å². The zero-order valence-electron chi connectivity index (χ0n) is 25.5. The molecule has 12 nitrogen and oxygen atoms in total. The average molecular weight is 635 g/mol. The summed E-state index contributed by atoms with van der Waals surface area (Å²) in [6, 6.07) is 7.41. The van der Waals surface area contributed by atoms with Gasteiger partial charge in [-0.1, -0.05) is 6.58 Å². The monoisotopic (exact) mass is 634 g/mol. The number of benzene rings is 1. The van der Waals surface area contributed by atoms with Crippen molar-refractivity contribution in [1.29, 1.82) is 0 Å². The molecular weight excluding hydrogens is 598 g/mol. The molecule has 4 saturated heterocycles. The predicted octanol–water partition coefficient (Wildman–Crippen LogP) is 4.35.